The Morgan fingerprint density at radius 2 is 0.946 bits per heavy atom. The van der Waals surface area contributed by atoms with Crippen molar-refractivity contribution in [3.8, 4) is 0 Å². The molecule has 0 amide bonds. The lowest BCUT2D eigenvalue weighted by molar-refractivity contribution is 0.0975. The standard InChI is InChI=1S/C30H23O4S3/c1-20(31)27-16-18-29(33-27)35-22-8-12-25(13-9-22)37(24-6-4-3-5-7-24)26-14-10-23(11-15-26)36-30-19-17-28(34-30)21(2)32/h3-19H,1-2H3/q+1. The lowest BCUT2D eigenvalue weighted by Crippen LogP contribution is -2.04. The quantitative estimate of drug-likeness (QED) is 0.137. The summed E-state index contributed by atoms with van der Waals surface area (Å²) >= 11 is 2.99. The summed E-state index contributed by atoms with van der Waals surface area (Å²) in [6, 6.07) is 34.5. The van der Waals surface area contributed by atoms with Gasteiger partial charge in [-0.2, -0.15) is 0 Å². The van der Waals surface area contributed by atoms with Crippen molar-refractivity contribution in [2.24, 2.45) is 0 Å². The van der Waals surface area contributed by atoms with Gasteiger partial charge in [0.05, 0.1) is 10.9 Å². The van der Waals surface area contributed by atoms with Crippen LogP contribution < -0.4 is 0 Å². The summed E-state index contributed by atoms with van der Waals surface area (Å²) < 4.78 is 11.2. The smallest absolute Gasteiger partial charge is 0.194 e. The van der Waals surface area contributed by atoms with Crippen LogP contribution in [-0.2, 0) is 10.9 Å². The molecule has 4 nitrogen and oxygen atoms in total. The van der Waals surface area contributed by atoms with Gasteiger partial charge in [0.1, 0.15) is 0 Å². The SMILES string of the molecule is CC(=O)c1ccc(Sc2ccc([S+](c3ccccc3)c3ccc(Sc4ccc(C(C)=O)o4)cc3)cc2)o1. The Hall–Kier alpha value is -3.39. The summed E-state index contributed by atoms with van der Waals surface area (Å²) in [7, 11) is -0.283. The van der Waals surface area contributed by atoms with Crippen LogP contribution in [0.4, 0.5) is 0 Å². The van der Waals surface area contributed by atoms with E-state index in [0.29, 0.717) is 21.7 Å². The third kappa shape index (κ3) is 6.13. The van der Waals surface area contributed by atoms with Gasteiger partial charge in [0.2, 0.25) is 0 Å². The highest BCUT2D eigenvalue weighted by molar-refractivity contribution is 7.99. The molecular formula is C30H23O4S3+. The predicted molar refractivity (Wildman–Crippen MR) is 147 cm³/mol. The second-order valence-electron chi connectivity index (χ2n) is 8.12. The van der Waals surface area contributed by atoms with E-state index in [1.807, 2.05) is 18.2 Å². The van der Waals surface area contributed by atoms with Gasteiger partial charge in [0.15, 0.2) is 48.0 Å². The lowest BCUT2D eigenvalue weighted by Gasteiger charge is -2.09. The van der Waals surface area contributed by atoms with E-state index in [4.69, 9.17) is 8.83 Å². The monoisotopic (exact) mass is 543 g/mol. The maximum absolute atomic E-state index is 11.5. The van der Waals surface area contributed by atoms with E-state index in [1.165, 1.54) is 52.1 Å². The molecular weight excluding hydrogens is 521 g/mol. The van der Waals surface area contributed by atoms with Crippen molar-refractivity contribution in [3.05, 3.63) is 115 Å². The van der Waals surface area contributed by atoms with Crippen molar-refractivity contribution in [1.29, 1.82) is 0 Å². The molecule has 7 heteroatoms. The second-order valence-corrected chi connectivity index (χ2v) is 12.3. The molecule has 2 aromatic heterocycles. The Morgan fingerprint density at radius 3 is 1.32 bits per heavy atom. The zero-order valence-electron chi connectivity index (χ0n) is 20.2. The van der Waals surface area contributed by atoms with Crippen molar-refractivity contribution >= 4 is 46.0 Å². The zero-order valence-corrected chi connectivity index (χ0v) is 22.6. The molecule has 3 aromatic carbocycles. The molecule has 0 atom stereocenters. The van der Waals surface area contributed by atoms with E-state index in [0.717, 1.165) is 9.79 Å². The molecule has 0 bridgehead atoms. The fourth-order valence-corrected chi connectivity index (χ4v) is 7.22. The van der Waals surface area contributed by atoms with Crippen LogP contribution in [0.2, 0.25) is 0 Å². The number of carbonyl (C=O) groups is 2. The molecule has 37 heavy (non-hydrogen) atoms. The molecule has 0 aliphatic rings. The second kappa shape index (κ2) is 11.3. The maximum atomic E-state index is 11.5. The van der Waals surface area contributed by atoms with Crippen LogP contribution >= 0.6 is 23.5 Å². The highest BCUT2D eigenvalue weighted by Gasteiger charge is 2.28. The molecule has 5 aromatic rings. The lowest BCUT2D eigenvalue weighted by atomic mass is 10.3. The maximum Gasteiger partial charge on any atom is 0.194 e. The van der Waals surface area contributed by atoms with E-state index >= 15 is 0 Å². The number of benzene rings is 3. The number of hydrogen-bond donors (Lipinski definition) is 0. The summed E-state index contributed by atoms with van der Waals surface area (Å²) in [5.41, 5.74) is 0. The van der Waals surface area contributed by atoms with Gasteiger partial charge in [0.25, 0.3) is 0 Å². The van der Waals surface area contributed by atoms with Gasteiger partial charge >= 0.3 is 0 Å². The van der Waals surface area contributed by atoms with Crippen molar-refractivity contribution in [3.63, 3.8) is 0 Å². The van der Waals surface area contributed by atoms with Crippen LogP contribution in [0.15, 0.2) is 147 Å². The normalized spacial score (nSPS) is 11.1. The van der Waals surface area contributed by atoms with Gasteiger partial charge in [-0.15, -0.1) is 0 Å². The van der Waals surface area contributed by atoms with Crippen molar-refractivity contribution in [2.75, 3.05) is 0 Å². The van der Waals surface area contributed by atoms with E-state index in [9.17, 15) is 9.59 Å². The topological polar surface area (TPSA) is 60.4 Å². The fourth-order valence-electron chi connectivity index (χ4n) is 3.61. The first-order valence-corrected chi connectivity index (χ1v) is 14.4. The van der Waals surface area contributed by atoms with Crippen LogP contribution in [0, 0.1) is 0 Å². The van der Waals surface area contributed by atoms with E-state index in [1.54, 1.807) is 12.1 Å². The minimum atomic E-state index is -0.283. The first kappa shape index (κ1) is 25.3. The van der Waals surface area contributed by atoms with Gasteiger partial charge < -0.3 is 8.83 Å². The number of rotatable bonds is 9. The summed E-state index contributed by atoms with van der Waals surface area (Å²) in [6.07, 6.45) is 0. The number of hydrogen-bond acceptors (Lipinski definition) is 6. The van der Waals surface area contributed by atoms with Crippen molar-refractivity contribution < 1.29 is 18.4 Å². The highest BCUT2D eigenvalue weighted by Crippen LogP contribution is 2.36. The van der Waals surface area contributed by atoms with Gasteiger partial charge in [-0.25, -0.2) is 0 Å². The van der Waals surface area contributed by atoms with E-state index in [-0.39, 0.29) is 22.5 Å². The van der Waals surface area contributed by atoms with Crippen molar-refractivity contribution in [1.82, 2.24) is 0 Å². The van der Waals surface area contributed by atoms with Gasteiger partial charge in [-0.1, -0.05) is 41.7 Å². The van der Waals surface area contributed by atoms with Crippen LogP contribution in [0.1, 0.15) is 35.0 Å². The van der Waals surface area contributed by atoms with Gasteiger partial charge in [-0.3, -0.25) is 9.59 Å². The average molecular weight is 544 g/mol. The van der Waals surface area contributed by atoms with E-state index < -0.39 is 0 Å². The predicted octanol–water partition coefficient (Wildman–Crippen LogP) is 8.68. The highest BCUT2D eigenvalue weighted by atomic mass is 32.2. The van der Waals surface area contributed by atoms with Crippen LogP contribution in [0.25, 0.3) is 0 Å². The minimum absolute atomic E-state index is 0.0801. The molecule has 0 fully saturated rings. The Morgan fingerprint density at radius 1 is 0.541 bits per heavy atom. The molecule has 2 heterocycles. The van der Waals surface area contributed by atoms with Crippen LogP contribution in [0.5, 0.6) is 0 Å². The molecule has 0 spiro atoms. The number of furan rings is 2. The van der Waals surface area contributed by atoms with Gasteiger partial charge in [0, 0.05) is 23.6 Å². The van der Waals surface area contributed by atoms with Crippen LogP contribution in [0.3, 0.4) is 0 Å². The fraction of sp³-hybridized carbons (Fsp3) is 0.0667. The van der Waals surface area contributed by atoms with Crippen LogP contribution in [-0.4, -0.2) is 11.6 Å². The molecule has 0 aliphatic heterocycles. The summed E-state index contributed by atoms with van der Waals surface area (Å²) in [5, 5.41) is 1.39. The average Bonchev–Trinajstić information content (AvgIpc) is 3.57. The zero-order chi connectivity index (χ0) is 25.8. The largest absolute Gasteiger partial charge is 0.446 e. The Balaban J connectivity index is 1.38. The number of carbonyl (C=O) groups excluding carboxylic acids is 2. The third-order valence-corrected chi connectivity index (χ3v) is 9.48. The number of Topliss-reactive ketones (excluding diaryl/α,β-unsaturated/α-hetero) is 2. The third-order valence-electron chi connectivity index (χ3n) is 5.39. The molecule has 0 saturated carbocycles. The molecule has 0 radical (unpaired) electrons. The molecule has 184 valence electrons. The first-order chi connectivity index (χ1) is 18.0. The Kier molecular flexibility index (Phi) is 7.74. The number of ketones is 2. The van der Waals surface area contributed by atoms with Gasteiger partial charge in [-0.05, 0) is 84.9 Å². The minimum Gasteiger partial charge on any atom is -0.446 e. The summed E-state index contributed by atoms with van der Waals surface area (Å²) in [5.74, 6) is 0.586. The Bertz CT molecular complexity index is 1420. The Labute approximate surface area is 226 Å². The summed E-state index contributed by atoms with van der Waals surface area (Å²) in [6.45, 7) is 3.00. The molecule has 0 saturated heterocycles. The molecule has 0 N–H and O–H groups in total. The van der Waals surface area contributed by atoms with Crippen molar-refractivity contribution in [2.45, 2.75) is 48.5 Å². The van der Waals surface area contributed by atoms with E-state index in [2.05, 4.69) is 72.8 Å². The molecule has 0 unspecified atom stereocenters. The first-order valence-electron chi connectivity index (χ1n) is 11.5. The molecule has 5 rings (SSSR count). The molecule has 0 aliphatic carbocycles. The summed E-state index contributed by atoms with van der Waals surface area (Å²) in [4.78, 5) is 28.8.